The monoisotopic (exact) mass is 289 g/mol. The second-order valence-electron chi connectivity index (χ2n) is 5.19. The first-order chi connectivity index (χ1) is 9.81. The molecule has 1 atom stereocenters. The zero-order valence-corrected chi connectivity index (χ0v) is 12.4. The zero-order chi connectivity index (χ0) is 13.8. The van der Waals surface area contributed by atoms with Gasteiger partial charge in [0.1, 0.15) is 0 Å². The van der Waals surface area contributed by atoms with Gasteiger partial charge in [0.2, 0.25) is 5.89 Å². The van der Waals surface area contributed by atoms with Gasteiger partial charge in [-0.1, -0.05) is 22.9 Å². The van der Waals surface area contributed by atoms with E-state index in [0.29, 0.717) is 5.92 Å². The third kappa shape index (κ3) is 3.41. The van der Waals surface area contributed by atoms with Crippen LogP contribution in [-0.4, -0.2) is 23.2 Å². The van der Waals surface area contributed by atoms with Crippen LogP contribution >= 0.6 is 11.8 Å². The van der Waals surface area contributed by atoms with Crippen molar-refractivity contribution < 1.29 is 4.52 Å². The minimum absolute atomic E-state index is 0.384. The molecule has 5 heteroatoms. The van der Waals surface area contributed by atoms with E-state index >= 15 is 0 Å². The topological polar surface area (TPSA) is 51.0 Å². The van der Waals surface area contributed by atoms with Gasteiger partial charge in [-0.25, -0.2) is 0 Å². The number of hydrogen-bond acceptors (Lipinski definition) is 5. The van der Waals surface area contributed by atoms with E-state index in [0.717, 1.165) is 37.0 Å². The van der Waals surface area contributed by atoms with Crippen LogP contribution in [0.3, 0.4) is 0 Å². The van der Waals surface area contributed by atoms with Gasteiger partial charge in [0, 0.05) is 11.4 Å². The summed E-state index contributed by atoms with van der Waals surface area (Å²) in [5.74, 6) is 2.72. The summed E-state index contributed by atoms with van der Waals surface area (Å²) >= 11 is 1.74. The Morgan fingerprint density at radius 1 is 1.35 bits per heavy atom. The molecule has 106 valence electrons. The van der Waals surface area contributed by atoms with Gasteiger partial charge in [-0.3, -0.25) is 0 Å². The molecule has 1 N–H and O–H groups in total. The number of nitrogens with zero attached hydrogens (tertiary/aromatic N) is 2. The Morgan fingerprint density at radius 2 is 2.20 bits per heavy atom. The van der Waals surface area contributed by atoms with E-state index in [1.165, 1.54) is 16.9 Å². The van der Waals surface area contributed by atoms with Crippen LogP contribution in [0.4, 0.5) is 0 Å². The number of rotatable bonds is 4. The van der Waals surface area contributed by atoms with E-state index in [1.807, 2.05) is 0 Å². The lowest BCUT2D eigenvalue weighted by atomic mass is 10.00. The van der Waals surface area contributed by atoms with Crippen LogP contribution < -0.4 is 5.32 Å². The van der Waals surface area contributed by atoms with Crippen molar-refractivity contribution in [2.75, 3.05) is 13.1 Å². The molecule has 1 unspecified atom stereocenters. The standard InChI is InChI=1S/C15H19N3OS/c1-11-4-6-13(7-5-11)20-10-14-17-15(19-18-14)12-3-2-8-16-9-12/h4-7,12,16H,2-3,8-10H2,1H3. The SMILES string of the molecule is Cc1ccc(SCc2noc(C3CCCNC3)n2)cc1. The Morgan fingerprint density at radius 3 is 2.95 bits per heavy atom. The smallest absolute Gasteiger partial charge is 0.231 e. The molecule has 1 fully saturated rings. The first kappa shape index (κ1) is 13.6. The molecular weight excluding hydrogens is 270 g/mol. The average molecular weight is 289 g/mol. The van der Waals surface area contributed by atoms with Crippen molar-refractivity contribution >= 4 is 11.8 Å². The molecule has 1 aromatic heterocycles. The van der Waals surface area contributed by atoms with Gasteiger partial charge < -0.3 is 9.84 Å². The van der Waals surface area contributed by atoms with Crippen molar-refractivity contribution in [3.05, 3.63) is 41.5 Å². The zero-order valence-electron chi connectivity index (χ0n) is 11.6. The van der Waals surface area contributed by atoms with Gasteiger partial charge in [0.15, 0.2) is 5.82 Å². The van der Waals surface area contributed by atoms with E-state index in [2.05, 4.69) is 46.6 Å². The van der Waals surface area contributed by atoms with E-state index in [-0.39, 0.29) is 0 Å². The minimum Gasteiger partial charge on any atom is -0.339 e. The van der Waals surface area contributed by atoms with Crippen LogP contribution in [0.2, 0.25) is 0 Å². The Kier molecular flexibility index (Phi) is 4.38. The predicted octanol–water partition coefficient (Wildman–Crippen LogP) is 3.14. The lowest BCUT2D eigenvalue weighted by Gasteiger charge is -2.18. The number of piperidine rings is 1. The molecule has 0 aliphatic carbocycles. The predicted molar refractivity (Wildman–Crippen MR) is 79.9 cm³/mol. The fraction of sp³-hybridized carbons (Fsp3) is 0.467. The number of hydrogen-bond donors (Lipinski definition) is 1. The van der Waals surface area contributed by atoms with Crippen LogP contribution in [0.5, 0.6) is 0 Å². The van der Waals surface area contributed by atoms with Gasteiger partial charge in [0.05, 0.1) is 11.7 Å². The summed E-state index contributed by atoms with van der Waals surface area (Å²) in [6, 6.07) is 8.51. The normalized spacial score (nSPS) is 19.1. The lowest BCUT2D eigenvalue weighted by molar-refractivity contribution is 0.320. The van der Waals surface area contributed by atoms with E-state index < -0.39 is 0 Å². The molecule has 4 nitrogen and oxygen atoms in total. The number of nitrogens with one attached hydrogen (secondary N) is 1. The van der Waals surface area contributed by atoms with Crippen LogP contribution in [0.15, 0.2) is 33.7 Å². The second kappa shape index (κ2) is 6.41. The largest absolute Gasteiger partial charge is 0.339 e. The highest BCUT2D eigenvalue weighted by atomic mass is 32.2. The molecule has 2 heterocycles. The molecule has 2 aromatic rings. The van der Waals surface area contributed by atoms with E-state index in [9.17, 15) is 0 Å². The third-order valence-electron chi connectivity index (χ3n) is 3.52. The summed E-state index contributed by atoms with van der Waals surface area (Å²) < 4.78 is 5.40. The molecule has 0 amide bonds. The Hall–Kier alpha value is -1.33. The fourth-order valence-corrected chi connectivity index (χ4v) is 3.08. The van der Waals surface area contributed by atoms with Crippen molar-refractivity contribution in [1.82, 2.24) is 15.5 Å². The quantitative estimate of drug-likeness (QED) is 0.876. The fourth-order valence-electron chi connectivity index (χ4n) is 2.34. The molecule has 0 spiro atoms. The van der Waals surface area contributed by atoms with Crippen LogP contribution in [0.25, 0.3) is 0 Å². The summed E-state index contributed by atoms with van der Waals surface area (Å²) in [7, 11) is 0. The lowest BCUT2D eigenvalue weighted by Crippen LogP contribution is -2.28. The first-order valence-corrected chi connectivity index (χ1v) is 8.02. The van der Waals surface area contributed by atoms with Crippen LogP contribution in [0.1, 0.15) is 36.0 Å². The van der Waals surface area contributed by atoms with Crippen LogP contribution in [0, 0.1) is 6.92 Å². The van der Waals surface area contributed by atoms with Crippen molar-refractivity contribution in [3.63, 3.8) is 0 Å². The van der Waals surface area contributed by atoms with Gasteiger partial charge in [0.25, 0.3) is 0 Å². The van der Waals surface area contributed by atoms with Crippen molar-refractivity contribution in [3.8, 4) is 0 Å². The summed E-state index contributed by atoms with van der Waals surface area (Å²) in [6.45, 7) is 4.14. The number of benzene rings is 1. The number of thioether (sulfide) groups is 1. The number of aryl methyl sites for hydroxylation is 1. The summed E-state index contributed by atoms with van der Waals surface area (Å²) in [5, 5.41) is 7.46. The average Bonchev–Trinajstić information content (AvgIpc) is 2.97. The summed E-state index contributed by atoms with van der Waals surface area (Å²) in [5.41, 5.74) is 1.28. The summed E-state index contributed by atoms with van der Waals surface area (Å²) in [4.78, 5) is 5.77. The maximum absolute atomic E-state index is 5.40. The molecular formula is C15H19N3OS. The highest BCUT2D eigenvalue weighted by molar-refractivity contribution is 7.98. The van der Waals surface area contributed by atoms with Crippen molar-refractivity contribution in [1.29, 1.82) is 0 Å². The Balaban J connectivity index is 1.58. The summed E-state index contributed by atoms with van der Waals surface area (Å²) in [6.07, 6.45) is 2.32. The Labute approximate surface area is 123 Å². The highest BCUT2D eigenvalue weighted by Gasteiger charge is 2.21. The Bertz CT molecular complexity index is 547. The van der Waals surface area contributed by atoms with Crippen molar-refractivity contribution in [2.45, 2.75) is 36.3 Å². The van der Waals surface area contributed by atoms with Gasteiger partial charge in [-0.15, -0.1) is 11.8 Å². The minimum atomic E-state index is 0.384. The molecule has 1 aliphatic rings. The third-order valence-corrected chi connectivity index (χ3v) is 4.53. The molecule has 0 radical (unpaired) electrons. The van der Waals surface area contributed by atoms with Crippen molar-refractivity contribution in [2.24, 2.45) is 0 Å². The van der Waals surface area contributed by atoms with E-state index in [4.69, 9.17) is 4.52 Å². The molecule has 1 aliphatic heterocycles. The molecule has 20 heavy (non-hydrogen) atoms. The molecule has 0 saturated carbocycles. The van der Waals surface area contributed by atoms with Gasteiger partial charge in [-0.2, -0.15) is 4.98 Å². The maximum Gasteiger partial charge on any atom is 0.231 e. The highest BCUT2D eigenvalue weighted by Crippen LogP contribution is 2.25. The maximum atomic E-state index is 5.40. The first-order valence-electron chi connectivity index (χ1n) is 7.04. The second-order valence-corrected chi connectivity index (χ2v) is 6.24. The molecule has 1 saturated heterocycles. The molecule has 1 aromatic carbocycles. The number of aromatic nitrogens is 2. The molecule has 3 rings (SSSR count). The van der Waals surface area contributed by atoms with Crippen LogP contribution in [-0.2, 0) is 5.75 Å². The van der Waals surface area contributed by atoms with E-state index in [1.54, 1.807) is 11.8 Å². The van der Waals surface area contributed by atoms with Gasteiger partial charge >= 0.3 is 0 Å². The molecule has 0 bridgehead atoms. The van der Waals surface area contributed by atoms with Gasteiger partial charge in [-0.05, 0) is 38.4 Å².